The maximum absolute atomic E-state index is 13.3. The Morgan fingerprint density at radius 3 is 2.57 bits per heavy atom. The van der Waals surface area contributed by atoms with Gasteiger partial charge >= 0.3 is 0 Å². The standard InChI is InChI=1S/C24H26N4O5S2/c1-17(29)27-12-9-20(24-26-19(16-34-24)18-7-10-25-11-8-18)28(14-13-27)23(30)15-33-21-5-3-4-6-22(21)35(2,31)32/h3-8,10-11,16,20H,9,12-15H2,1-2H3. The first-order valence-corrected chi connectivity index (χ1v) is 13.8. The maximum atomic E-state index is 13.3. The van der Waals surface area contributed by atoms with E-state index in [1.807, 2.05) is 17.5 Å². The minimum Gasteiger partial charge on any atom is -0.482 e. The number of aromatic nitrogens is 2. The average molecular weight is 515 g/mol. The fourth-order valence-corrected chi connectivity index (χ4v) is 5.79. The van der Waals surface area contributed by atoms with Gasteiger partial charge in [-0.25, -0.2) is 13.4 Å². The highest BCUT2D eigenvalue weighted by Crippen LogP contribution is 2.32. The number of rotatable bonds is 6. The third kappa shape index (κ3) is 5.85. The molecule has 2 aromatic heterocycles. The Kier molecular flexibility index (Phi) is 7.46. The zero-order valence-corrected chi connectivity index (χ0v) is 21.1. The van der Waals surface area contributed by atoms with E-state index in [4.69, 9.17) is 9.72 Å². The van der Waals surface area contributed by atoms with E-state index in [0.29, 0.717) is 26.1 Å². The van der Waals surface area contributed by atoms with Crippen LogP contribution < -0.4 is 4.74 Å². The van der Waals surface area contributed by atoms with Crippen LogP contribution in [0.25, 0.3) is 11.3 Å². The minimum atomic E-state index is -3.51. The van der Waals surface area contributed by atoms with Crippen LogP contribution in [-0.2, 0) is 19.4 Å². The van der Waals surface area contributed by atoms with Gasteiger partial charge < -0.3 is 14.5 Å². The Hall–Kier alpha value is -3.31. The molecular formula is C24H26N4O5S2. The van der Waals surface area contributed by atoms with Crippen molar-refractivity contribution in [1.82, 2.24) is 19.8 Å². The van der Waals surface area contributed by atoms with E-state index in [0.717, 1.165) is 22.5 Å². The highest BCUT2D eigenvalue weighted by atomic mass is 32.2. The summed E-state index contributed by atoms with van der Waals surface area (Å²) in [5.41, 5.74) is 1.73. The first-order chi connectivity index (χ1) is 16.7. The molecule has 35 heavy (non-hydrogen) atoms. The Morgan fingerprint density at radius 1 is 1.11 bits per heavy atom. The van der Waals surface area contributed by atoms with Gasteiger partial charge in [-0.2, -0.15) is 0 Å². The van der Waals surface area contributed by atoms with Gasteiger partial charge in [0.15, 0.2) is 16.4 Å². The van der Waals surface area contributed by atoms with Crippen molar-refractivity contribution in [1.29, 1.82) is 0 Å². The fourth-order valence-electron chi connectivity index (χ4n) is 3.99. The number of para-hydroxylation sites is 1. The van der Waals surface area contributed by atoms with Crippen LogP contribution in [-0.4, -0.2) is 72.5 Å². The zero-order valence-electron chi connectivity index (χ0n) is 19.5. The van der Waals surface area contributed by atoms with Crippen LogP contribution in [0.2, 0.25) is 0 Å². The van der Waals surface area contributed by atoms with Crippen molar-refractivity contribution >= 4 is 33.0 Å². The van der Waals surface area contributed by atoms with Crippen LogP contribution in [0.4, 0.5) is 0 Å². The number of pyridine rings is 1. The third-order valence-corrected chi connectivity index (χ3v) is 7.89. The van der Waals surface area contributed by atoms with Crippen molar-refractivity contribution < 1.29 is 22.7 Å². The lowest BCUT2D eigenvalue weighted by Gasteiger charge is -2.28. The number of sulfone groups is 1. The molecule has 0 radical (unpaired) electrons. The number of hydrogen-bond donors (Lipinski definition) is 0. The molecule has 1 saturated heterocycles. The van der Waals surface area contributed by atoms with Crippen molar-refractivity contribution in [3.05, 3.63) is 59.2 Å². The normalized spacial score (nSPS) is 16.6. The van der Waals surface area contributed by atoms with Crippen molar-refractivity contribution in [2.24, 2.45) is 0 Å². The molecule has 2 amide bonds. The minimum absolute atomic E-state index is 0.0323. The Bertz CT molecular complexity index is 1310. The van der Waals surface area contributed by atoms with E-state index in [9.17, 15) is 18.0 Å². The lowest BCUT2D eigenvalue weighted by Crippen LogP contribution is -2.40. The number of nitrogens with zero attached hydrogens (tertiary/aromatic N) is 4. The van der Waals surface area contributed by atoms with Gasteiger partial charge in [0.05, 0.1) is 11.7 Å². The largest absolute Gasteiger partial charge is 0.482 e. The summed E-state index contributed by atoms with van der Waals surface area (Å²) in [5.74, 6) is -0.216. The molecule has 9 nitrogen and oxygen atoms in total. The number of ether oxygens (including phenoxy) is 1. The molecule has 0 spiro atoms. The quantitative estimate of drug-likeness (QED) is 0.497. The van der Waals surface area contributed by atoms with Crippen molar-refractivity contribution in [2.45, 2.75) is 24.3 Å². The first-order valence-electron chi connectivity index (χ1n) is 11.1. The second kappa shape index (κ2) is 10.5. The van der Waals surface area contributed by atoms with E-state index in [1.165, 1.54) is 30.4 Å². The van der Waals surface area contributed by atoms with E-state index < -0.39 is 9.84 Å². The van der Waals surface area contributed by atoms with Gasteiger partial charge in [-0.3, -0.25) is 14.6 Å². The predicted molar refractivity (Wildman–Crippen MR) is 132 cm³/mol. The Balaban J connectivity index is 1.57. The van der Waals surface area contributed by atoms with Gasteiger partial charge in [0.2, 0.25) is 5.91 Å². The number of benzene rings is 1. The van der Waals surface area contributed by atoms with Crippen LogP contribution in [0.15, 0.2) is 59.1 Å². The van der Waals surface area contributed by atoms with Crippen molar-refractivity contribution in [3.8, 4) is 17.0 Å². The zero-order chi connectivity index (χ0) is 25.0. The molecule has 0 bridgehead atoms. The summed E-state index contributed by atoms with van der Waals surface area (Å²) < 4.78 is 29.8. The van der Waals surface area contributed by atoms with Gasteiger partial charge in [-0.1, -0.05) is 12.1 Å². The topological polar surface area (TPSA) is 110 Å². The average Bonchev–Trinajstić information content (AvgIpc) is 3.22. The molecule has 3 heterocycles. The molecule has 4 rings (SSSR count). The van der Waals surface area contributed by atoms with Crippen LogP contribution in [0.5, 0.6) is 5.75 Å². The number of carbonyl (C=O) groups excluding carboxylic acids is 2. The van der Waals surface area contributed by atoms with Crippen LogP contribution >= 0.6 is 11.3 Å². The summed E-state index contributed by atoms with van der Waals surface area (Å²) in [7, 11) is -3.51. The SMILES string of the molecule is CC(=O)N1CCC(c2nc(-c3ccncc3)cs2)N(C(=O)COc2ccccc2S(C)(=O)=O)CC1. The molecule has 11 heteroatoms. The van der Waals surface area contributed by atoms with E-state index in [2.05, 4.69) is 4.98 Å². The van der Waals surface area contributed by atoms with Gasteiger partial charge in [0.25, 0.3) is 5.91 Å². The molecule has 0 N–H and O–H groups in total. The number of thiazole rings is 1. The second-order valence-corrected chi connectivity index (χ2v) is 11.1. The second-order valence-electron chi connectivity index (χ2n) is 8.21. The molecule has 1 aromatic carbocycles. The molecule has 1 fully saturated rings. The van der Waals surface area contributed by atoms with Gasteiger partial charge in [-0.05, 0) is 30.7 Å². The monoisotopic (exact) mass is 514 g/mol. The summed E-state index contributed by atoms with van der Waals surface area (Å²) in [5, 5.41) is 2.71. The highest BCUT2D eigenvalue weighted by molar-refractivity contribution is 7.90. The fraction of sp³-hybridized carbons (Fsp3) is 0.333. The summed E-state index contributed by atoms with van der Waals surface area (Å²) in [4.78, 5) is 37.6. The molecule has 1 atom stereocenters. The van der Waals surface area contributed by atoms with Gasteiger partial charge in [-0.15, -0.1) is 11.3 Å². The number of hydrogen-bond acceptors (Lipinski definition) is 8. The van der Waals surface area contributed by atoms with Crippen LogP contribution in [0.1, 0.15) is 24.4 Å². The van der Waals surface area contributed by atoms with Gasteiger partial charge in [0, 0.05) is 56.2 Å². The smallest absolute Gasteiger partial charge is 0.261 e. The Morgan fingerprint density at radius 2 is 1.86 bits per heavy atom. The van der Waals surface area contributed by atoms with Crippen molar-refractivity contribution in [2.75, 3.05) is 32.5 Å². The maximum Gasteiger partial charge on any atom is 0.261 e. The van der Waals surface area contributed by atoms with E-state index in [1.54, 1.807) is 34.3 Å². The summed E-state index contributed by atoms with van der Waals surface area (Å²) >= 11 is 1.46. The highest BCUT2D eigenvalue weighted by Gasteiger charge is 2.32. The summed E-state index contributed by atoms with van der Waals surface area (Å²) in [6.07, 6.45) is 5.04. The lowest BCUT2D eigenvalue weighted by molar-refractivity contribution is -0.136. The Labute approximate surface area is 208 Å². The molecule has 0 saturated carbocycles. The van der Waals surface area contributed by atoms with Crippen LogP contribution in [0.3, 0.4) is 0 Å². The van der Waals surface area contributed by atoms with E-state index >= 15 is 0 Å². The first kappa shape index (κ1) is 24.8. The lowest BCUT2D eigenvalue weighted by atomic mass is 10.1. The third-order valence-electron chi connectivity index (χ3n) is 5.81. The molecule has 3 aromatic rings. The summed E-state index contributed by atoms with van der Waals surface area (Å²) in [6, 6.07) is 9.66. The molecule has 1 aliphatic rings. The predicted octanol–water partition coefficient (Wildman–Crippen LogP) is 2.81. The summed E-state index contributed by atoms with van der Waals surface area (Å²) in [6.45, 7) is 2.42. The van der Waals surface area contributed by atoms with Gasteiger partial charge in [0.1, 0.15) is 15.7 Å². The number of amides is 2. The molecule has 0 aliphatic carbocycles. The van der Waals surface area contributed by atoms with Crippen LogP contribution in [0, 0.1) is 0 Å². The molecule has 1 aliphatic heterocycles. The molecular weight excluding hydrogens is 488 g/mol. The van der Waals surface area contributed by atoms with E-state index in [-0.39, 0.29) is 35.1 Å². The number of carbonyl (C=O) groups is 2. The van der Waals surface area contributed by atoms with Crippen molar-refractivity contribution in [3.63, 3.8) is 0 Å². The molecule has 1 unspecified atom stereocenters. The molecule has 184 valence electrons.